The lowest BCUT2D eigenvalue weighted by Gasteiger charge is -2.21. The second kappa shape index (κ2) is 5.38. The first-order valence-corrected chi connectivity index (χ1v) is 7.98. The van der Waals surface area contributed by atoms with E-state index in [0.29, 0.717) is 11.4 Å². The lowest BCUT2D eigenvalue weighted by molar-refractivity contribution is -0.125. The summed E-state index contributed by atoms with van der Waals surface area (Å²) in [6.07, 6.45) is 0.314. The van der Waals surface area contributed by atoms with Gasteiger partial charge in [0.1, 0.15) is 5.78 Å². The Hall–Kier alpha value is -1.35. The highest BCUT2D eigenvalue weighted by Crippen LogP contribution is 2.36. The van der Waals surface area contributed by atoms with E-state index in [2.05, 4.69) is 31.9 Å². The van der Waals surface area contributed by atoms with Gasteiger partial charge in [0, 0.05) is 17.8 Å². The van der Waals surface area contributed by atoms with E-state index in [-0.39, 0.29) is 16.6 Å². The molecule has 0 spiro atoms. The van der Waals surface area contributed by atoms with Crippen molar-refractivity contribution in [1.29, 1.82) is 0 Å². The highest BCUT2D eigenvalue weighted by molar-refractivity contribution is 6.35. The SMILES string of the molecule is Cn1nc(CC(=O)C(C)(C)C)c2c(Cl)ccc(C(C)(C)C)c21. The molecule has 2 aromatic rings. The number of hydrogen-bond acceptors (Lipinski definition) is 2. The Bertz CT molecular complexity index is 730. The zero-order valence-corrected chi connectivity index (χ0v) is 15.3. The minimum Gasteiger partial charge on any atom is -0.299 e. The van der Waals surface area contributed by atoms with Crippen molar-refractivity contribution in [3.8, 4) is 0 Å². The van der Waals surface area contributed by atoms with Crippen LogP contribution < -0.4 is 0 Å². The van der Waals surface area contributed by atoms with E-state index in [9.17, 15) is 4.79 Å². The molecule has 120 valence electrons. The van der Waals surface area contributed by atoms with Gasteiger partial charge in [0.2, 0.25) is 0 Å². The van der Waals surface area contributed by atoms with Gasteiger partial charge in [-0.25, -0.2) is 0 Å². The van der Waals surface area contributed by atoms with Gasteiger partial charge in [0.15, 0.2) is 0 Å². The van der Waals surface area contributed by atoms with E-state index >= 15 is 0 Å². The van der Waals surface area contributed by atoms with Gasteiger partial charge in [-0.15, -0.1) is 0 Å². The molecule has 0 aliphatic heterocycles. The molecule has 0 aliphatic carbocycles. The van der Waals surface area contributed by atoms with Crippen LogP contribution in [0.2, 0.25) is 5.02 Å². The number of hydrogen-bond donors (Lipinski definition) is 0. The first-order chi connectivity index (χ1) is 9.93. The summed E-state index contributed by atoms with van der Waals surface area (Å²) in [5, 5.41) is 6.16. The standard InChI is InChI=1S/C18H25ClN2O/c1-17(2,3)11-8-9-12(19)15-13(20-21(7)16(11)15)10-14(22)18(4,5)6/h8-9H,10H2,1-7H3. The second-order valence-electron chi connectivity index (χ2n) is 7.99. The average molecular weight is 321 g/mol. The van der Waals surface area contributed by atoms with Crippen LogP contribution in [0, 0.1) is 5.41 Å². The molecule has 0 N–H and O–H groups in total. The molecule has 0 fully saturated rings. The summed E-state index contributed by atoms with van der Waals surface area (Å²) >= 11 is 6.43. The van der Waals surface area contributed by atoms with E-state index in [1.807, 2.05) is 38.6 Å². The minimum atomic E-state index is -0.377. The fourth-order valence-corrected chi connectivity index (χ4v) is 2.87. The minimum absolute atomic E-state index is 0.0120. The second-order valence-corrected chi connectivity index (χ2v) is 8.40. The quantitative estimate of drug-likeness (QED) is 0.805. The predicted molar refractivity (Wildman–Crippen MR) is 92.6 cm³/mol. The van der Waals surface area contributed by atoms with E-state index in [1.165, 1.54) is 5.56 Å². The highest BCUT2D eigenvalue weighted by atomic mass is 35.5. The molecular weight excluding hydrogens is 296 g/mol. The van der Waals surface area contributed by atoms with E-state index in [4.69, 9.17) is 11.6 Å². The lowest BCUT2D eigenvalue weighted by Crippen LogP contribution is -2.22. The number of nitrogens with zero attached hydrogens (tertiary/aromatic N) is 2. The molecule has 0 bridgehead atoms. The number of carbonyl (C=O) groups excluding carboxylic acids is 1. The summed E-state index contributed by atoms with van der Waals surface area (Å²) < 4.78 is 1.85. The van der Waals surface area contributed by atoms with Crippen molar-refractivity contribution in [3.63, 3.8) is 0 Å². The Morgan fingerprint density at radius 3 is 2.27 bits per heavy atom. The van der Waals surface area contributed by atoms with E-state index < -0.39 is 0 Å². The van der Waals surface area contributed by atoms with Gasteiger partial charge in [-0.3, -0.25) is 9.48 Å². The van der Waals surface area contributed by atoms with Crippen LogP contribution in [0.4, 0.5) is 0 Å². The fraction of sp³-hybridized carbons (Fsp3) is 0.556. The Morgan fingerprint density at radius 2 is 1.77 bits per heavy atom. The Kier molecular flexibility index (Phi) is 4.16. The summed E-state index contributed by atoms with van der Waals surface area (Å²) in [6, 6.07) is 3.97. The van der Waals surface area contributed by atoms with Gasteiger partial charge < -0.3 is 0 Å². The molecule has 0 atom stereocenters. The van der Waals surface area contributed by atoms with Crippen molar-refractivity contribution in [1.82, 2.24) is 9.78 Å². The van der Waals surface area contributed by atoms with Crippen LogP contribution in [0.15, 0.2) is 12.1 Å². The maximum atomic E-state index is 12.4. The van der Waals surface area contributed by atoms with Crippen LogP contribution in [-0.2, 0) is 23.7 Å². The maximum Gasteiger partial charge on any atom is 0.144 e. The molecule has 0 aliphatic rings. The van der Waals surface area contributed by atoms with Crippen LogP contribution in [0.5, 0.6) is 0 Å². The largest absolute Gasteiger partial charge is 0.299 e. The number of ketones is 1. The summed E-state index contributed by atoms with van der Waals surface area (Å²) in [6.45, 7) is 12.3. The highest BCUT2D eigenvalue weighted by Gasteiger charge is 2.27. The van der Waals surface area contributed by atoms with Crippen molar-refractivity contribution in [2.45, 2.75) is 53.4 Å². The topological polar surface area (TPSA) is 34.9 Å². The molecule has 4 heteroatoms. The van der Waals surface area contributed by atoms with Crippen LogP contribution in [0.25, 0.3) is 10.9 Å². The van der Waals surface area contributed by atoms with Gasteiger partial charge in [0.05, 0.1) is 22.7 Å². The molecule has 1 aromatic heterocycles. The number of Topliss-reactive ketones (excluding diaryl/α,β-unsaturated/α-hetero) is 1. The molecule has 3 nitrogen and oxygen atoms in total. The van der Waals surface area contributed by atoms with Gasteiger partial charge in [-0.2, -0.15) is 5.10 Å². The molecular formula is C18H25ClN2O. The number of fused-ring (bicyclic) bond motifs is 1. The monoisotopic (exact) mass is 320 g/mol. The van der Waals surface area contributed by atoms with E-state index in [1.54, 1.807) is 0 Å². The van der Waals surface area contributed by atoms with Crippen LogP contribution >= 0.6 is 11.6 Å². The zero-order chi connectivity index (χ0) is 16.9. The normalized spacial score (nSPS) is 12.9. The smallest absolute Gasteiger partial charge is 0.144 e. The zero-order valence-electron chi connectivity index (χ0n) is 14.5. The summed E-state index contributed by atoms with van der Waals surface area (Å²) in [5.41, 5.74) is 2.60. The van der Waals surface area contributed by atoms with Crippen LogP contribution in [0.3, 0.4) is 0 Å². The first-order valence-electron chi connectivity index (χ1n) is 7.61. The van der Waals surface area contributed by atoms with Gasteiger partial charge in [0.25, 0.3) is 0 Å². The van der Waals surface area contributed by atoms with Crippen LogP contribution in [0.1, 0.15) is 52.8 Å². The number of halogens is 1. The molecule has 0 saturated carbocycles. The third-order valence-corrected chi connectivity index (χ3v) is 4.30. The molecule has 0 radical (unpaired) electrons. The number of carbonyl (C=O) groups is 1. The van der Waals surface area contributed by atoms with Crippen molar-refractivity contribution >= 4 is 28.3 Å². The summed E-state index contributed by atoms with van der Waals surface area (Å²) in [5.74, 6) is 0.171. The Morgan fingerprint density at radius 1 is 1.18 bits per heavy atom. The molecule has 22 heavy (non-hydrogen) atoms. The van der Waals surface area contributed by atoms with Crippen molar-refractivity contribution in [2.24, 2.45) is 12.5 Å². The van der Waals surface area contributed by atoms with E-state index in [0.717, 1.165) is 16.6 Å². The third-order valence-electron chi connectivity index (χ3n) is 3.98. The van der Waals surface area contributed by atoms with Crippen LogP contribution in [-0.4, -0.2) is 15.6 Å². The lowest BCUT2D eigenvalue weighted by atomic mass is 9.84. The number of benzene rings is 1. The molecule has 1 heterocycles. The van der Waals surface area contributed by atoms with Crippen molar-refractivity contribution < 1.29 is 4.79 Å². The van der Waals surface area contributed by atoms with Crippen molar-refractivity contribution in [2.75, 3.05) is 0 Å². The Labute approximate surface area is 137 Å². The van der Waals surface area contributed by atoms with Gasteiger partial charge in [-0.05, 0) is 17.0 Å². The summed E-state index contributed by atoms with van der Waals surface area (Å²) in [7, 11) is 1.92. The summed E-state index contributed by atoms with van der Waals surface area (Å²) in [4.78, 5) is 12.4. The molecule has 0 saturated heterocycles. The maximum absolute atomic E-state index is 12.4. The Balaban J connectivity index is 2.67. The number of aryl methyl sites for hydroxylation is 1. The van der Waals surface area contributed by atoms with Gasteiger partial charge >= 0.3 is 0 Å². The molecule has 2 rings (SSSR count). The fourth-order valence-electron chi connectivity index (χ4n) is 2.60. The average Bonchev–Trinajstić information content (AvgIpc) is 2.65. The molecule has 1 aromatic carbocycles. The third kappa shape index (κ3) is 3.05. The predicted octanol–water partition coefficient (Wildman–Crippen LogP) is 4.68. The number of aromatic nitrogens is 2. The first kappa shape index (κ1) is 17.0. The molecule has 0 unspecified atom stereocenters. The molecule has 0 amide bonds. The number of rotatable bonds is 2. The van der Waals surface area contributed by atoms with Crippen molar-refractivity contribution in [3.05, 3.63) is 28.4 Å². The van der Waals surface area contributed by atoms with Gasteiger partial charge in [-0.1, -0.05) is 59.2 Å².